The number of hydrogen-bond acceptors (Lipinski definition) is 3. The molecule has 0 aliphatic carbocycles. The molecule has 1 aliphatic rings. The van der Waals surface area contributed by atoms with Crippen LogP contribution in [0.1, 0.15) is 47.0 Å². The monoisotopic (exact) mass is 307 g/mol. The Morgan fingerprint density at radius 2 is 1.90 bits per heavy atom. The van der Waals surface area contributed by atoms with E-state index in [2.05, 4.69) is 0 Å². The highest BCUT2D eigenvalue weighted by atomic mass is 19.3. The van der Waals surface area contributed by atoms with Crippen molar-refractivity contribution in [1.82, 2.24) is 4.90 Å². The zero-order chi connectivity index (χ0) is 16.5. The molecule has 1 heterocycles. The van der Waals surface area contributed by atoms with Crippen molar-refractivity contribution in [3.05, 3.63) is 0 Å². The molecule has 1 amide bonds. The van der Waals surface area contributed by atoms with E-state index in [0.29, 0.717) is 0 Å². The summed E-state index contributed by atoms with van der Waals surface area (Å²) in [6.45, 7) is 6.19. The Morgan fingerprint density at radius 3 is 2.33 bits per heavy atom. The number of esters is 1. The summed E-state index contributed by atoms with van der Waals surface area (Å²) in [4.78, 5) is 23.7. The van der Waals surface area contributed by atoms with Gasteiger partial charge in [0.05, 0.1) is 18.7 Å². The molecular weight excluding hydrogens is 284 g/mol. The zero-order valence-electron chi connectivity index (χ0n) is 12.9. The minimum absolute atomic E-state index is 0.0250. The molecule has 1 rings (SSSR count). The second kappa shape index (κ2) is 5.77. The number of amides is 1. The lowest BCUT2D eigenvalue weighted by Crippen LogP contribution is -2.55. The first-order valence-electron chi connectivity index (χ1n) is 6.99. The molecule has 0 bridgehead atoms. The number of carbonyl (C=O) groups excluding carboxylic acids is 1. The molecule has 0 saturated carbocycles. The average molecular weight is 307 g/mol. The number of nitrogens with zero attached hydrogens (tertiary/aromatic N) is 1. The van der Waals surface area contributed by atoms with Gasteiger partial charge >= 0.3 is 12.1 Å². The average Bonchev–Trinajstić information content (AvgIpc) is 2.59. The van der Waals surface area contributed by atoms with E-state index in [0.717, 1.165) is 4.90 Å². The molecule has 1 aliphatic heterocycles. The summed E-state index contributed by atoms with van der Waals surface area (Å²) in [7, 11) is 0. The maximum atomic E-state index is 13.8. The van der Waals surface area contributed by atoms with Crippen molar-refractivity contribution in [2.24, 2.45) is 5.41 Å². The Balaban J connectivity index is 3.09. The number of alkyl halides is 2. The van der Waals surface area contributed by atoms with E-state index >= 15 is 0 Å². The zero-order valence-corrected chi connectivity index (χ0v) is 12.9. The van der Waals surface area contributed by atoms with Crippen molar-refractivity contribution in [1.29, 1.82) is 0 Å². The Hall–Kier alpha value is -1.40. The Morgan fingerprint density at radius 1 is 1.33 bits per heavy atom. The van der Waals surface area contributed by atoms with E-state index in [9.17, 15) is 23.5 Å². The highest BCUT2D eigenvalue weighted by Gasteiger charge is 2.61. The summed E-state index contributed by atoms with van der Waals surface area (Å²) in [5.74, 6) is -3.58. The normalized spacial score (nSPS) is 25.0. The van der Waals surface area contributed by atoms with Gasteiger partial charge in [-0.25, -0.2) is 13.6 Å². The maximum absolute atomic E-state index is 13.8. The summed E-state index contributed by atoms with van der Waals surface area (Å²) >= 11 is 0. The van der Waals surface area contributed by atoms with Crippen LogP contribution in [-0.2, 0) is 9.53 Å². The molecule has 0 radical (unpaired) electrons. The summed E-state index contributed by atoms with van der Waals surface area (Å²) in [5.41, 5.74) is -2.01. The number of hydrogen-bond donors (Lipinski definition) is 1. The highest BCUT2D eigenvalue weighted by molar-refractivity contribution is 5.70. The molecule has 1 atom stereocenters. The first-order valence-corrected chi connectivity index (χ1v) is 6.99. The molecule has 0 spiro atoms. The quantitative estimate of drug-likeness (QED) is 0.810. The smallest absolute Gasteiger partial charge is 0.407 e. The van der Waals surface area contributed by atoms with E-state index < -0.39 is 41.9 Å². The number of ether oxygens (including phenoxy) is 1. The molecule has 0 aromatic heterocycles. The van der Waals surface area contributed by atoms with Crippen molar-refractivity contribution < 1.29 is 28.2 Å². The third-order valence-corrected chi connectivity index (χ3v) is 4.13. The fourth-order valence-corrected chi connectivity index (χ4v) is 3.02. The van der Waals surface area contributed by atoms with Crippen LogP contribution in [0.4, 0.5) is 13.6 Å². The van der Waals surface area contributed by atoms with Gasteiger partial charge in [0.25, 0.3) is 5.92 Å². The second-order valence-electron chi connectivity index (χ2n) is 6.49. The molecule has 122 valence electrons. The van der Waals surface area contributed by atoms with E-state index in [4.69, 9.17) is 4.74 Å². The maximum Gasteiger partial charge on any atom is 0.407 e. The van der Waals surface area contributed by atoms with Gasteiger partial charge in [-0.05, 0) is 18.8 Å². The van der Waals surface area contributed by atoms with Crippen LogP contribution < -0.4 is 0 Å². The number of carbonyl (C=O) groups is 2. The van der Waals surface area contributed by atoms with Crippen molar-refractivity contribution in [3.63, 3.8) is 0 Å². The highest BCUT2D eigenvalue weighted by Crippen LogP contribution is 2.51. The predicted octanol–water partition coefficient (Wildman–Crippen LogP) is 3.13. The van der Waals surface area contributed by atoms with Crippen LogP contribution in [-0.4, -0.2) is 46.7 Å². The molecule has 1 fully saturated rings. The van der Waals surface area contributed by atoms with E-state index in [-0.39, 0.29) is 19.4 Å². The first-order chi connectivity index (χ1) is 9.45. The number of halogens is 2. The second-order valence-corrected chi connectivity index (χ2v) is 6.49. The SMILES string of the molecule is CCOC(=O)CC[C@]1(C(C)(C)C)CC(F)(F)CN1C(=O)O. The fraction of sp³-hybridized carbons (Fsp3) is 0.857. The van der Waals surface area contributed by atoms with Crippen LogP contribution in [0.15, 0.2) is 0 Å². The minimum Gasteiger partial charge on any atom is -0.466 e. The number of carboxylic acid groups (broad SMARTS) is 1. The molecule has 0 aromatic carbocycles. The summed E-state index contributed by atoms with van der Waals surface area (Å²) in [6.07, 6.45) is -2.01. The lowest BCUT2D eigenvalue weighted by Gasteiger charge is -2.46. The topological polar surface area (TPSA) is 66.8 Å². The molecule has 0 aromatic rings. The van der Waals surface area contributed by atoms with Gasteiger partial charge in [0, 0.05) is 12.8 Å². The lowest BCUT2D eigenvalue weighted by atomic mass is 9.69. The summed E-state index contributed by atoms with van der Waals surface area (Å²) in [6, 6.07) is 0. The van der Waals surface area contributed by atoms with Crippen LogP contribution in [0.25, 0.3) is 0 Å². The van der Waals surface area contributed by atoms with Gasteiger partial charge in [-0.1, -0.05) is 20.8 Å². The Kier molecular flexibility index (Phi) is 4.85. The summed E-state index contributed by atoms with van der Waals surface area (Å²) in [5, 5.41) is 9.29. The minimum atomic E-state index is -3.08. The van der Waals surface area contributed by atoms with Crippen LogP contribution in [0.2, 0.25) is 0 Å². The fourth-order valence-electron chi connectivity index (χ4n) is 3.02. The van der Waals surface area contributed by atoms with E-state index in [1.165, 1.54) is 0 Å². The van der Waals surface area contributed by atoms with Crippen molar-refractivity contribution in [3.8, 4) is 0 Å². The predicted molar refractivity (Wildman–Crippen MR) is 72.3 cm³/mol. The number of rotatable bonds is 4. The van der Waals surface area contributed by atoms with Crippen LogP contribution in [0, 0.1) is 5.41 Å². The van der Waals surface area contributed by atoms with Crippen molar-refractivity contribution in [2.75, 3.05) is 13.2 Å². The van der Waals surface area contributed by atoms with Gasteiger partial charge in [-0.3, -0.25) is 9.69 Å². The van der Waals surface area contributed by atoms with Crippen LogP contribution in [0.5, 0.6) is 0 Å². The van der Waals surface area contributed by atoms with Gasteiger partial charge < -0.3 is 9.84 Å². The Bertz CT molecular complexity index is 420. The van der Waals surface area contributed by atoms with Gasteiger partial charge in [-0.2, -0.15) is 0 Å². The Labute approximate surface area is 123 Å². The van der Waals surface area contributed by atoms with E-state index in [1.54, 1.807) is 27.7 Å². The molecule has 0 unspecified atom stereocenters. The molecule has 7 heteroatoms. The first kappa shape index (κ1) is 17.7. The number of likely N-dealkylation sites (tertiary alicyclic amines) is 1. The molecule has 1 saturated heterocycles. The lowest BCUT2D eigenvalue weighted by molar-refractivity contribution is -0.144. The van der Waals surface area contributed by atoms with E-state index in [1.807, 2.05) is 0 Å². The van der Waals surface area contributed by atoms with Crippen molar-refractivity contribution >= 4 is 12.1 Å². The van der Waals surface area contributed by atoms with Crippen LogP contribution >= 0.6 is 0 Å². The van der Waals surface area contributed by atoms with Gasteiger partial charge in [-0.15, -0.1) is 0 Å². The summed E-state index contributed by atoms with van der Waals surface area (Å²) < 4.78 is 32.5. The molecule has 21 heavy (non-hydrogen) atoms. The van der Waals surface area contributed by atoms with Gasteiger partial charge in [0.1, 0.15) is 0 Å². The molecule has 5 nitrogen and oxygen atoms in total. The third kappa shape index (κ3) is 3.63. The van der Waals surface area contributed by atoms with Gasteiger partial charge in [0.15, 0.2) is 0 Å². The third-order valence-electron chi connectivity index (χ3n) is 4.13. The molecule has 1 N–H and O–H groups in total. The largest absolute Gasteiger partial charge is 0.466 e. The standard InChI is InChI=1S/C14H23F2NO4/c1-5-21-10(18)6-7-13(12(2,3)4)8-14(15,16)9-17(13)11(19)20/h5-9H2,1-4H3,(H,19,20)/t13-/m1/s1. The molecular formula is C14H23F2NO4. The van der Waals surface area contributed by atoms with Crippen molar-refractivity contribution in [2.45, 2.75) is 58.4 Å². The van der Waals surface area contributed by atoms with Gasteiger partial charge in [0.2, 0.25) is 0 Å². The van der Waals surface area contributed by atoms with Crippen LogP contribution in [0.3, 0.4) is 0 Å².